The summed E-state index contributed by atoms with van der Waals surface area (Å²) in [6, 6.07) is 14.6. The molecule has 1 fully saturated rings. The van der Waals surface area contributed by atoms with Crippen LogP contribution in [0.1, 0.15) is 12.5 Å². The van der Waals surface area contributed by atoms with E-state index in [0.29, 0.717) is 23.7 Å². The molecular formula is C20H24N2O4S. The highest BCUT2D eigenvalue weighted by Crippen LogP contribution is 2.30. The maximum atomic E-state index is 12.8. The molecule has 1 N–H and O–H groups in total. The molecule has 144 valence electrons. The molecule has 2 aromatic carbocycles. The van der Waals surface area contributed by atoms with Crippen LogP contribution in [0, 0.1) is 12.8 Å². The van der Waals surface area contributed by atoms with Crippen LogP contribution in [0.3, 0.4) is 0 Å². The molecule has 1 atom stereocenters. The summed E-state index contributed by atoms with van der Waals surface area (Å²) in [5, 5.41) is 2.88. The number of sulfone groups is 1. The number of amides is 2. The number of benzene rings is 2. The highest BCUT2D eigenvalue weighted by atomic mass is 32.2. The van der Waals surface area contributed by atoms with Crippen molar-refractivity contribution in [2.45, 2.75) is 13.8 Å². The number of carbonyl (C=O) groups excluding carboxylic acids is 1. The van der Waals surface area contributed by atoms with Crippen molar-refractivity contribution in [1.29, 1.82) is 0 Å². The Morgan fingerprint density at radius 3 is 2.67 bits per heavy atom. The molecule has 0 radical (unpaired) electrons. The number of aryl methyl sites for hydroxylation is 1. The van der Waals surface area contributed by atoms with Gasteiger partial charge in [-0.3, -0.25) is 0 Å². The molecule has 1 heterocycles. The van der Waals surface area contributed by atoms with Gasteiger partial charge in [0.15, 0.2) is 15.6 Å². The molecule has 2 aromatic rings. The number of anilines is 1. The van der Waals surface area contributed by atoms with E-state index in [1.807, 2.05) is 62.4 Å². The molecule has 27 heavy (non-hydrogen) atoms. The molecule has 0 aromatic heterocycles. The van der Waals surface area contributed by atoms with E-state index in [0.717, 1.165) is 5.56 Å². The van der Waals surface area contributed by atoms with Crippen LogP contribution in [-0.2, 0) is 9.84 Å². The maximum absolute atomic E-state index is 12.8. The molecule has 2 amide bonds. The lowest BCUT2D eigenvalue weighted by Gasteiger charge is -2.23. The summed E-state index contributed by atoms with van der Waals surface area (Å²) in [5.41, 5.74) is 1.54. The molecular weight excluding hydrogens is 364 g/mol. The van der Waals surface area contributed by atoms with Gasteiger partial charge in [-0.1, -0.05) is 31.2 Å². The quantitative estimate of drug-likeness (QED) is 0.870. The van der Waals surface area contributed by atoms with E-state index >= 15 is 0 Å². The van der Waals surface area contributed by atoms with Crippen molar-refractivity contribution in [3.63, 3.8) is 0 Å². The second-order valence-corrected chi connectivity index (χ2v) is 9.24. The summed E-state index contributed by atoms with van der Waals surface area (Å²) in [6.45, 7) is 4.38. The molecule has 1 unspecified atom stereocenters. The molecule has 1 aliphatic rings. The molecule has 1 aliphatic heterocycles. The van der Waals surface area contributed by atoms with Gasteiger partial charge in [0.2, 0.25) is 0 Å². The Balaban J connectivity index is 1.78. The van der Waals surface area contributed by atoms with Crippen LogP contribution in [0.2, 0.25) is 0 Å². The lowest BCUT2D eigenvalue weighted by Crippen LogP contribution is -2.38. The molecule has 0 spiro atoms. The van der Waals surface area contributed by atoms with Crippen LogP contribution in [0.15, 0.2) is 48.5 Å². The number of hydrogen-bond donors (Lipinski definition) is 1. The van der Waals surface area contributed by atoms with Crippen LogP contribution in [0.4, 0.5) is 10.5 Å². The van der Waals surface area contributed by atoms with E-state index in [-0.39, 0.29) is 30.0 Å². The van der Waals surface area contributed by atoms with E-state index < -0.39 is 9.84 Å². The monoisotopic (exact) mass is 388 g/mol. The minimum Gasteiger partial charge on any atom is -0.455 e. The summed E-state index contributed by atoms with van der Waals surface area (Å²) in [5.74, 6) is 1.22. The number of para-hydroxylation sites is 1. The Morgan fingerprint density at radius 2 is 1.93 bits per heavy atom. The first-order valence-corrected chi connectivity index (χ1v) is 10.7. The minimum absolute atomic E-state index is 0.00799. The highest BCUT2D eigenvalue weighted by Gasteiger charge is 2.27. The van der Waals surface area contributed by atoms with E-state index in [9.17, 15) is 13.2 Å². The average Bonchev–Trinajstić information content (AvgIpc) is 2.75. The minimum atomic E-state index is -3.11. The number of urea groups is 1. The third kappa shape index (κ3) is 5.23. The number of nitrogens with zero attached hydrogens (tertiary/aromatic N) is 1. The molecule has 1 saturated heterocycles. The first-order chi connectivity index (χ1) is 12.8. The number of rotatable bonds is 3. The number of hydrogen-bond acceptors (Lipinski definition) is 4. The van der Waals surface area contributed by atoms with Gasteiger partial charge in [0.1, 0.15) is 5.75 Å². The summed E-state index contributed by atoms with van der Waals surface area (Å²) < 4.78 is 29.8. The Morgan fingerprint density at radius 1 is 1.19 bits per heavy atom. The van der Waals surface area contributed by atoms with E-state index in [2.05, 4.69) is 5.32 Å². The van der Waals surface area contributed by atoms with Crippen LogP contribution in [0.25, 0.3) is 0 Å². The van der Waals surface area contributed by atoms with Crippen LogP contribution in [0.5, 0.6) is 11.5 Å². The normalized spacial score (nSPS) is 19.2. The van der Waals surface area contributed by atoms with Crippen LogP contribution < -0.4 is 10.1 Å². The van der Waals surface area contributed by atoms with Crippen molar-refractivity contribution in [1.82, 2.24) is 4.90 Å². The number of nitrogens with one attached hydrogen (secondary N) is 1. The predicted octanol–water partition coefficient (Wildman–Crippen LogP) is 3.69. The zero-order valence-electron chi connectivity index (χ0n) is 15.5. The van der Waals surface area contributed by atoms with Crippen molar-refractivity contribution in [2.24, 2.45) is 5.92 Å². The zero-order chi connectivity index (χ0) is 19.4. The number of carbonyl (C=O) groups is 1. The fourth-order valence-electron chi connectivity index (χ4n) is 3.11. The zero-order valence-corrected chi connectivity index (χ0v) is 16.3. The molecule has 6 nitrogen and oxygen atoms in total. The lowest BCUT2D eigenvalue weighted by atomic mass is 10.2. The Hall–Kier alpha value is -2.54. The molecule has 3 rings (SSSR count). The van der Waals surface area contributed by atoms with E-state index in [4.69, 9.17) is 4.74 Å². The van der Waals surface area contributed by atoms with Gasteiger partial charge in [0, 0.05) is 13.1 Å². The van der Waals surface area contributed by atoms with Crippen molar-refractivity contribution in [2.75, 3.05) is 29.9 Å². The van der Waals surface area contributed by atoms with Gasteiger partial charge in [-0.25, -0.2) is 13.2 Å². The maximum Gasteiger partial charge on any atom is 0.321 e. The third-order valence-electron chi connectivity index (χ3n) is 4.38. The smallest absolute Gasteiger partial charge is 0.321 e. The van der Waals surface area contributed by atoms with Crippen molar-refractivity contribution in [3.05, 3.63) is 54.1 Å². The van der Waals surface area contributed by atoms with Crippen LogP contribution in [-0.4, -0.2) is 43.9 Å². The van der Waals surface area contributed by atoms with Crippen molar-refractivity contribution >= 4 is 21.6 Å². The van der Waals surface area contributed by atoms with Gasteiger partial charge in [-0.2, -0.15) is 0 Å². The molecule has 0 saturated carbocycles. The summed E-state index contributed by atoms with van der Waals surface area (Å²) >= 11 is 0. The molecule has 7 heteroatoms. The van der Waals surface area contributed by atoms with Gasteiger partial charge in [0.25, 0.3) is 0 Å². The van der Waals surface area contributed by atoms with Crippen molar-refractivity contribution < 1.29 is 17.9 Å². The molecule has 0 aliphatic carbocycles. The second-order valence-electron chi connectivity index (χ2n) is 7.01. The Labute approximate surface area is 160 Å². The second kappa shape index (κ2) is 8.00. The summed E-state index contributed by atoms with van der Waals surface area (Å²) in [4.78, 5) is 14.3. The average molecular weight is 388 g/mol. The Kier molecular flexibility index (Phi) is 5.70. The highest BCUT2D eigenvalue weighted by molar-refractivity contribution is 7.91. The Bertz CT molecular complexity index is 913. The van der Waals surface area contributed by atoms with Gasteiger partial charge in [0.05, 0.1) is 17.2 Å². The van der Waals surface area contributed by atoms with E-state index in [1.54, 1.807) is 4.90 Å². The number of ether oxygens (including phenoxy) is 1. The van der Waals surface area contributed by atoms with E-state index in [1.165, 1.54) is 0 Å². The summed E-state index contributed by atoms with van der Waals surface area (Å²) in [6.07, 6.45) is 0. The van der Waals surface area contributed by atoms with Crippen molar-refractivity contribution in [3.8, 4) is 11.5 Å². The van der Waals surface area contributed by atoms with Gasteiger partial charge < -0.3 is 15.0 Å². The van der Waals surface area contributed by atoms with Gasteiger partial charge in [-0.15, -0.1) is 0 Å². The fraction of sp³-hybridized carbons (Fsp3) is 0.350. The van der Waals surface area contributed by atoms with Gasteiger partial charge >= 0.3 is 6.03 Å². The first-order valence-electron chi connectivity index (χ1n) is 8.92. The summed E-state index contributed by atoms with van der Waals surface area (Å²) in [7, 11) is -3.11. The third-order valence-corrected chi connectivity index (χ3v) is 6.26. The lowest BCUT2D eigenvalue weighted by molar-refractivity contribution is 0.209. The SMILES string of the molecule is Cc1ccc(Oc2ccccc2)c(NC(=O)N2CCS(=O)(=O)CC(C)C2)c1. The first kappa shape index (κ1) is 19.2. The molecule has 0 bridgehead atoms. The topological polar surface area (TPSA) is 75.7 Å². The largest absolute Gasteiger partial charge is 0.455 e. The van der Waals surface area contributed by atoms with Crippen LogP contribution >= 0.6 is 0 Å². The predicted molar refractivity (Wildman–Crippen MR) is 106 cm³/mol. The van der Waals surface area contributed by atoms with Gasteiger partial charge in [-0.05, 0) is 42.7 Å². The standard InChI is InChI=1S/C20H24N2O4S/c1-15-8-9-19(26-17-6-4-3-5-7-17)18(12-15)21-20(23)22-10-11-27(24,25)14-16(2)13-22/h3-9,12,16H,10-11,13-14H2,1-2H3,(H,21,23). The fourth-order valence-corrected chi connectivity index (χ4v) is 4.75.